The number of piperazine rings is 1. The molecular weight excluding hydrogens is 656 g/mol. The van der Waals surface area contributed by atoms with Crippen molar-refractivity contribution in [2.24, 2.45) is 5.92 Å². The monoisotopic (exact) mass is 697 g/mol. The number of piperidine rings is 1. The highest BCUT2D eigenvalue weighted by Gasteiger charge is 2.28. The summed E-state index contributed by atoms with van der Waals surface area (Å²) >= 11 is 1.59. The molecule has 0 unspecified atom stereocenters. The minimum atomic E-state index is -3.03. The lowest BCUT2D eigenvalue weighted by Crippen LogP contribution is -2.50. The van der Waals surface area contributed by atoms with Gasteiger partial charge in [-0.25, -0.2) is 14.3 Å². The molecule has 0 bridgehead atoms. The van der Waals surface area contributed by atoms with E-state index < -0.39 is 6.61 Å². The highest BCUT2D eigenvalue weighted by Crippen LogP contribution is 2.40. The molecule has 2 saturated heterocycles. The maximum absolute atomic E-state index is 13.6. The number of benzene rings is 1. The summed E-state index contributed by atoms with van der Waals surface area (Å²) in [5.74, 6) is 0.371. The Morgan fingerprint density at radius 2 is 1.84 bits per heavy atom. The first-order chi connectivity index (χ1) is 23.7. The van der Waals surface area contributed by atoms with Gasteiger partial charge >= 0.3 is 12.7 Å². The summed E-state index contributed by atoms with van der Waals surface area (Å²) in [7, 11) is 1.40. The summed E-state index contributed by atoms with van der Waals surface area (Å²) in [4.78, 5) is 36.6. The topological polar surface area (TPSA) is 122 Å². The zero-order valence-corrected chi connectivity index (χ0v) is 28.6. The van der Waals surface area contributed by atoms with E-state index in [1.807, 2.05) is 4.90 Å². The Hall–Kier alpha value is -4.44. The van der Waals surface area contributed by atoms with Crippen LogP contribution in [-0.2, 0) is 16.1 Å². The highest BCUT2D eigenvalue weighted by atomic mass is 32.2. The third kappa shape index (κ3) is 8.41. The van der Waals surface area contributed by atoms with Crippen molar-refractivity contribution in [3.8, 4) is 17.0 Å². The van der Waals surface area contributed by atoms with Gasteiger partial charge in [0.15, 0.2) is 5.65 Å². The van der Waals surface area contributed by atoms with Crippen LogP contribution in [0.15, 0.2) is 53.9 Å². The Kier molecular flexibility index (Phi) is 10.8. The van der Waals surface area contributed by atoms with Crippen LogP contribution in [0.25, 0.3) is 16.9 Å². The van der Waals surface area contributed by atoms with Gasteiger partial charge in [-0.05, 0) is 43.0 Å². The molecule has 4 aromatic rings. The number of carbonyl (C=O) groups excluding carboxylic acids is 2. The molecular formula is C33H41F2N9O4S. The SMILES string of the molecule is COC(=O)N1CCN(CC2CCN(C(=O)Cn3cc(Nc4cnn5cccnc45)c(-c4cc(SC(C)C)ccc4OC(F)F)n3)CC2)CC1. The van der Waals surface area contributed by atoms with Crippen molar-refractivity contribution in [2.75, 3.05) is 58.2 Å². The first-order valence-corrected chi connectivity index (χ1v) is 17.3. The minimum absolute atomic E-state index is 0.0190. The van der Waals surface area contributed by atoms with Crippen molar-refractivity contribution in [1.29, 1.82) is 0 Å². The number of fused-ring (bicyclic) bond motifs is 1. The van der Waals surface area contributed by atoms with E-state index in [1.165, 1.54) is 13.2 Å². The third-order valence-electron chi connectivity index (χ3n) is 8.69. The number of amides is 2. The number of aromatic nitrogens is 5. The van der Waals surface area contributed by atoms with E-state index in [0.29, 0.717) is 60.4 Å². The normalized spacial score (nSPS) is 16.1. The minimum Gasteiger partial charge on any atom is -0.453 e. The molecule has 5 heterocycles. The van der Waals surface area contributed by atoms with Gasteiger partial charge in [-0.15, -0.1) is 11.8 Å². The maximum Gasteiger partial charge on any atom is 0.409 e. The molecule has 13 nitrogen and oxygen atoms in total. The first kappa shape index (κ1) is 34.4. The van der Waals surface area contributed by atoms with Gasteiger partial charge in [-0.1, -0.05) is 13.8 Å². The Bertz CT molecular complexity index is 1750. The van der Waals surface area contributed by atoms with Crippen LogP contribution >= 0.6 is 11.8 Å². The van der Waals surface area contributed by atoms with Gasteiger partial charge in [0.2, 0.25) is 5.91 Å². The molecule has 0 aliphatic carbocycles. The van der Waals surface area contributed by atoms with Crippen LogP contribution in [0.2, 0.25) is 0 Å². The van der Waals surface area contributed by atoms with Crippen molar-refractivity contribution in [2.45, 2.75) is 50.0 Å². The summed E-state index contributed by atoms with van der Waals surface area (Å²) in [5, 5.41) is 12.7. The molecule has 16 heteroatoms. The smallest absolute Gasteiger partial charge is 0.409 e. The lowest BCUT2D eigenvalue weighted by molar-refractivity contribution is -0.133. The average Bonchev–Trinajstić information content (AvgIpc) is 3.69. The van der Waals surface area contributed by atoms with Gasteiger partial charge in [-0.3, -0.25) is 14.4 Å². The van der Waals surface area contributed by atoms with Crippen LogP contribution < -0.4 is 10.1 Å². The second-order valence-corrected chi connectivity index (χ2v) is 14.1. The Morgan fingerprint density at radius 3 is 2.55 bits per heavy atom. The number of methoxy groups -OCH3 is 1. The quantitative estimate of drug-likeness (QED) is 0.213. The predicted octanol–water partition coefficient (Wildman–Crippen LogP) is 5.06. The molecule has 49 heavy (non-hydrogen) atoms. The fourth-order valence-corrected chi connectivity index (χ4v) is 7.18. The number of nitrogens with one attached hydrogen (secondary N) is 1. The van der Waals surface area contributed by atoms with Crippen LogP contribution in [0.4, 0.5) is 25.0 Å². The number of rotatable bonds is 11. The van der Waals surface area contributed by atoms with Crippen molar-refractivity contribution in [1.82, 2.24) is 39.1 Å². The Morgan fingerprint density at radius 1 is 1.06 bits per heavy atom. The zero-order chi connectivity index (χ0) is 34.5. The molecule has 0 atom stereocenters. The number of hydrogen-bond donors (Lipinski definition) is 1. The molecule has 1 aromatic carbocycles. The molecule has 2 aliphatic rings. The van der Waals surface area contributed by atoms with Gasteiger partial charge in [0, 0.05) is 80.1 Å². The standard InChI is InChI=1S/C33H41F2N9O4S/c1-22(2)49-24-5-6-28(48-32(34)35)25(17-24)30-27(38-26-18-37-44-10-4-9-36-31(26)44)20-43(39-30)21-29(45)41-11-7-23(8-12-41)19-40-13-15-42(16-14-40)33(46)47-3/h4-6,9-10,17-18,20,22-23,32,38H,7-8,11-16,19,21H2,1-3H3. The first-order valence-electron chi connectivity index (χ1n) is 16.4. The number of ether oxygens (including phenoxy) is 2. The molecule has 2 aliphatic heterocycles. The van der Waals surface area contributed by atoms with Gasteiger partial charge in [0.05, 0.1) is 19.0 Å². The third-order valence-corrected chi connectivity index (χ3v) is 9.69. The largest absolute Gasteiger partial charge is 0.453 e. The van der Waals surface area contributed by atoms with E-state index in [1.54, 1.807) is 68.8 Å². The highest BCUT2D eigenvalue weighted by molar-refractivity contribution is 7.99. The second-order valence-electron chi connectivity index (χ2n) is 12.4. The summed E-state index contributed by atoms with van der Waals surface area (Å²) in [6.07, 6.45) is 8.24. The molecule has 0 spiro atoms. The van der Waals surface area contributed by atoms with E-state index in [4.69, 9.17) is 14.6 Å². The molecule has 1 N–H and O–H groups in total. The van der Waals surface area contributed by atoms with Crippen LogP contribution in [0.3, 0.4) is 0 Å². The Balaban J connectivity index is 1.18. The van der Waals surface area contributed by atoms with E-state index in [0.717, 1.165) is 37.4 Å². The fraction of sp³-hybridized carbons (Fsp3) is 0.485. The number of halogens is 2. The number of anilines is 2. The lowest BCUT2D eigenvalue weighted by Gasteiger charge is -2.38. The van der Waals surface area contributed by atoms with Crippen LogP contribution in [0, 0.1) is 5.92 Å². The van der Waals surface area contributed by atoms with Gasteiger partial charge < -0.3 is 24.6 Å². The molecule has 6 rings (SSSR count). The van der Waals surface area contributed by atoms with Gasteiger partial charge in [0.25, 0.3) is 0 Å². The number of thioether (sulfide) groups is 1. The van der Waals surface area contributed by atoms with Crippen LogP contribution in [-0.4, -0.2) is 116 Å². The van der Waals surface area contributed by atoms with Crippen LogP contribution in [0.5, 0.6) is 5.75 Å². The molecule has 262 valence electrons. The summed E-state index contributed by atoms with van der Waals surface area (Å²) in [6, 6.07) is 6.83. The summed E-state index contributed by atoms with van der Waals surface area (Å²) in [6.45, 7) is 6.18. The predicted molar refractivity (Wildman–Crippen MR) is 181 cm³/mol. The van der Waals surface area contributed by atoms with Crippen molar-refractivity contribution in [3.05, 3.63) is 49.1 Å². The number of hydrogen-bond acceptors (Lipinski definition) is 10. The summed E-state index contributed by atoms with van der Waals surface area (Å²) < 4.78 is 40.0. The van der Waals surface area contributed by atoms with E-state index >= 15 is 0 Å². The van der Waals surface area contributed by atoms with E-state index in [9.17, 15) is 18.4 Å². The lowest BCUT2D eigenvalue weighted by atomic mass is 9.96. The molecule has 0 saturated carbocycles. The summed E-state index contributed by atoms with van der Waals surface area (Å²) in [5.41, 5.74) is 2.38. The van der Waals surface area contributed by atoms with Crippen molar-refractivity contribution < 1.29 is 27.8 Å². The fourth-order valence-electron chi connectivity index (χ4n) is 6.30. The molecule has 2 fully saturated rings. The molecule has 3 aromatic heterocycles. The number of carbonyl (C=O) groups is 2. The zero-order valence-electron chi connectivity index (χ0n) is 27.8. The molecule has 2 amide bonds. The van der Waals surface area contributed by atoms with Gasteiger partial charge in [0.1, 0.15) is 23.7 Å². The van der Waals surface area contributed by atoms with Crippen molar-refractivity contribution >= 4 is 40.8 Å². The maximum atomic E-state index is 13.6. The number of likely N-dealkylation sites (tertiary alicyclic amines) is 1. The van der Waals surface area contributed by atoms with Crippen molar-refractivity contribution in [3.63, 3.8) is 0 Å². The van der Waals surface area contributed by atoms with Crippen LogP contribution in [0.1, 0.15) is 26.7 Å². The number of alkyl halides is 2. The second kappa shape index (κ2) is 15.4. The number of nitrogens with zero attached hydrogens (tertiary/aromatic N) is 8. The average molecular weight is 698 g/mol. The Labute approximate surface area is 287 Å². The van der Waals surface area contributed by atoms with Gasteiger partial charge in [-0.2, -0.15) is 19.0 Å². The van der Waals surface area contributed by atoms with E-state index in [2.05, 4.69) is 34.1 Å². The molecule has 0 radical (unpaired) electrons. The van der Waals surface area contributed by atoms with E-state index in [-0.39, 0.29) is 29.5 Å².